The van der Waals surface area contributed by atoms with Gasteiger partial charge in [-0.05, 0) is 18.6 Å². The third kappa shape index (κ3) is 5.66. The molecule has 0 aliphatic rings. The predicted molar refractivity (Wildman–Crippen MR) is 99.4 cm³/mol. The van der Waals surface area contributed by atoms with Gasteiger partial charge in [-0.2, -0.15) is 5.10 Å². The summed E-state index contributed by atoms with van der Waals surface area (Å²) in [6.07, 6.45) is 4.94. The summed E-state index contributed by atoms with van der Waals surface area (Å²) in [4.78, 5) is 6.97. The van der Waals surface area contributed by atoms with Crippen molar-refractivity contribution in [3.63, 3.8) is 0 Å². The van der Waals surface area contributed by atoms with Crippen LogP contribution in [0.1, 0.15) is 22.2 Å². The third-order valence-electron chi connectivity index (χ3n) is 2.94. The molecule has 2 heterocycles. The number of halogens is 1. The maximum atomic E-state index is 4.22. The minimum atomic E-state index is 0. The summed E-state index contributed by atoms with van der Waals surface area (Å²) in [6.45, 7) is 3.70. The molecule has 21 heavy (non-hydrogen) atoms. The summed E-state index contributed by atoms with van der Waals surface area (Å²) >= 11 is 1.84. The van der Waals surface area contributed by atoms with E-state index in [4.69, 9.17) is 0 Å². The largest absolute Gasteiger partial charge is 0.352 e. The lowest BCUT2D eigenvalue weighted by molar-refractivity contribution is 0.765. The minimum Gasteiger partial charge on any atom is -0.352 e. The van der Waals surface area contributed by atoms with Crippen molar-refractivity contribution in [1.82, 2.24) is 20.4 Å². The normalized spacial score (nSPS) is 11.1. The SMILES string of the molecule is CCc1ccc(CNC(=NC)NCc2cnn(C)c2)s1.I. The number of nitrogens with one attached hydrogen (secondary N) is 2. The van der Waals surface area contributed by atoms with Crippen molar-refractivity contribution in [2.24, 2.45) is 12.0 Å². The molecule has 0 saturated carbocycles. The first-order valence-electron chi connectivity index (χ1n) is 6.71. The van der Waals surface area contributed by atoms with Crippen molar-refractivity contribution in [1.29, 1.82) is 0 Å². The molecule has 2 N–H and O–H groups in total. The van der Waals surface area contributed by atoms with E-state index in [1.54, 1.807) is 11.7 Å². The Labute approximate surface area is 146 Å². The van der Waals surface area contributed by atoms with Gasteiger partial charge in [0.15, 0.2) is 5.96 Å². The van der Waals surface area contributed by atoms with Gasteiger partial charge in [0, 0.05) is 42.2 Å². The van der Waals surface area contributed by atoms with Gasteiger partial charge >= 0.3 is 0 Å². The standard InChI is InChI=1S/C14H21N5S.HI/c1-4-12-5-6-13(20-12)9-17-14(15-2)16-7-11-8-18-19(3)10-11;/h5-6,8,10H,4,7,9H2,1-3H3,(H2,15,16,17);1H. The summed E-state index contributed by atoms with van der Waals surface area (Å²) in [5.41, 5.74) is 1.14. The molecule has 2 rings (SSSR count). The van der Waals surface area contributed by atoms with Crippen LogP contribution in [0.5, 0.6) is 0 Å². The molecule has 0 atom stereocenters. The molecule has 0 aliphatic carbocycles. The molecule has 0 fully saturated rings. The van der Waals surface area contributed by atoms with Crippen LogP contribution in [0.15, 0.2) is 29.5 Å². The van der Waals surface area contributed by atoms with Crippen LogP contribution in [-0.4, -0.2) is 22.8 Å². The molecule has 0 unspecified atom stereocenters. The van der Waals surface area contributed by atoms with Gasteiger partial charge in [0.2, 0.25) is 0 Å². The molecule has 0 radical (unpaired) electrons. The topological polar surface area (TPSA) is 54.2 Å². The Bertz CT molecular complexity index is 575. The first-order valence-corrected chi connectivity index (χ1v) is 7.52. The van der Waals surface area contributed by atoms with Gasteiger partial charge in [0.1, 0.15) is 0 Å². The summed E-state index contributed by atoms with van der Waals surface area (Å²) in [5.74, 6) is 0.806. The predicted octanol–water partition coefficient (Wildman–Crippen LogP) is 2.53. The molecule has 2 aromatic rings. The Kier molecular flexibility index (Phi) is 7.73. The van der Waals surface area contributed by atoms with Crippen molar-refractivity contribution < 1.29 is 0 Å². The van der Waals surface area contributed by atoms with Crippen LogP contribution in [0.25, 0.3) is 0 Å². The first kappa shape index (κ1) is 18.0. The lowest BCUT2D eigenvalue weighted by Crippen LogP contribution is -2.36. The van der Waals surface area contributed by atoms with Crippen LogP contribution in [-0.2, 0) is 26.6 Å². The van der Waals surface area contributed by atoms with Crippen LogP contribution >= 0.6 is 35.3 Å². The third-order valence-corrected chi connectivity index (χ3v) is 4.17. The first-order chi connectivity index (χ1) is 9.71. The van der Waals surface area contributed by atoms with Crippen LogP contribution in [0.4, 0.5) is 0 Å². The van der Waals surface area contributed by atoms with Gasteiger partial charge < -0.3 is 10.6 Å². The van der Waals surface area contributed by atoms with Gasteiger partial charge in [-0.1, -0.05) is 6.92 Å². The van der Waals surface area contributed by atoms with E-state index in [1.165, 1.54) is 9.75 Å². The molecular formula is C14H22IN5S. The zero-order valence-corrected chi connectivity index (χ0v) is 15.7. The van der Waals surface area contributed by atoms with Gasteiger partial charge in [-0.3, -0.25) is 9.67 Å². The summed E-state index contributed by atoms with van der Waals surface area (Å²) < 4.78 is 1.80. The number of aromatic nitrogens is 2. The number of rotatable bonds is 5. The van der Waals surface area contributed by atoms with E-state index in [9.17, 15) is 0 Å². The zero-order chi connectivity index (χ0) is 14.4. The second kappa shape index (κ2) is 9.04. The maximum Gasteiger partial charge on any atom is 0.191 e. The molecular weight excluding hydrogens is 397 g/mol. The monoisotopic (exact) mass is 419 g/mol. The Morgan fingerprint density at radius 2 is 2.00 bits per heavy atom. The molecule has 0 saturated heterocycles. The average molecular weight is 419 g/mol. The fourth-order valence-electron chi connectivity index (χ4n) is 1.85. The summed E-state index contributed by atoms with van der Waals surface area (Å²) in [5, 5.41) is 10.7. The Morgan fingerprint density at radius 1 is 1.29 bits per heavy atom. The Hall–Kier alpha value is -1.09. The van der Waals surface area contributed by atoms with E-state index in [2.05, 4.69) is 39.8 Å². The lowest BCUT2D eigenvalue weighted by atomic mass is 10.3. The minimum absolute atomic E-state index is 0. The Balaban J connectivity index is 0.00000220. The highest BCUT2D eigenvalue weighted by Crippen LogP contribution is 2.16. The number of thiophene rings is 1. The van der Waals surface area contributed by atoms with Crippen molar-refractivity contribution in [3.8, 4) is 0 Å². The number of aliphatic imine (C=N–C) groups is 1. The molecule has 5 nitrogen and oxygen atoms in total. The molecule has 0 aliphatic heterocycles. The van der Waals surface area contributed by atoms with Gasteiger partial charge in [-0.15, -0.1) is 35.3 Å². The van der Waals surface area contributed by atoms with Gasteiger partial charge in [0.05, 0.1) is 12.7 Å². The van der Waals surface area contributed by atoms with E-state index < -0.39 is 0 Å². The average Bonchev–Trinajstić information content (AvgIpc) is 3.08. The fourth-order valence-corrected chi connectivity index (χ4v) is 2.75. The van der Waals surface area contributed by atoms with E-state index in [0.29, 0.717) is 0 Å². The molecule has 0 aromatic carbocycles. The molecule has 2 aromatic heterocycles. The number of hydrogen-bond donors (Lipinski definition) is 2. The smallest absolute Gasteiger partial charge is 0.191 e. The quantitative estimate of drug-likeness (QED) is 0.445. The number of guanidine groups is 1. The molecule has 116 valence electrons. The van der Waals surface area contributed by atoms with Gasteiger partial charge in [-0.25, -0.2) is 0 Å². The van der Waals surface area contributed by atoms with Crippen LogP contribution in [0, 0.1) is 0 Å². The second-order valence-electron chi connectivity index (χ2n) is 4.52. The van der Waals surface area contributed by atoms with Crippen molar-refractivity contribution >= 4 is 41.3 Å². The van der Waals surface area contributed by atoms with Gasteiger partial charge in [0.25, 0.3) is 0 Å². The van der Waals surface area contributed by atoms with Crippen LogP contribution in [0.3, 0.4) is 0 Å². The van der Waals surface area contributed by atoms with E-state index >= 15 is 0 Å². The Morgan fingerprint density at radius 3 is 2.57 bits per heavy atom. The van der Waals surface area contributed by atoms with Crippen molar-refractivity contribution in [3.05, 3.63) is 39.8 Å². The maximum absolute atomic E-state index is 4.22. The second-order valence-corrected chi connectivity index (χ2v) is 5.78. The molecule has 0 bridgehead atoms. The van der Waals surface area contributed by atoms with Crippen LogP contribution < -0.4 is 10.6 Å². The fraction of sp³-hybridized carbons (Fsp3) is 0.429. The van der Waals surface area contributed by atoms with Crippen LogP contribution in [0.2, 0.25) is 0 Å². The molecule has 0 amide bonds. The number of hydrogen-bond acceptors (Lipinski definition) is 3. The van der Waals surface area contributed by atoms with Crippen molar-refractivity contribution in [2.45, 2.75) is 26.4 Å². The van der Waals surface area contributed by atoms with E-state index in [1.807, 2.05) is 30.8 Å². The molecule has 7 heteroatoms. The van der Waals surface area contributed by atoms with E-state index in [0.717, 1.165) is 31.0 Å². The number of aryl methyl sites for hydroxylation is 2. The summed E-state index contributed by atoms with van der Waals surface area (Å²) in [6, 6.07) is 4.36. The number of nitrogens with zero attached hydrogens (tertiary/aromatic N) is 3. The highest BCUT2D eigenvalue weighted by Gasteiger charge is 2.02. The van der Waals surface area contributed by atoms with Crippen molar-refractivity contribution in [2.75, 3.05) is 7.05 Å². The lowest BCUT2D eigenvalue weighted by Gasteiger charge is -2.10. The zero-order valence-electron chi connectivity index (χ0n) is 12.6. The highest BCUT2D eigenvalue weighted by atomic mass is 127. The molecule has 0 spiro atoms. The van der Waals surface area contributed by atoms with E-state index in [-0.39, 0.29) is 24.0 Å². The summed E-state index contributed by atoms with van der Waals surface area (Å²) in [7, 11) is 3.70. The highest BCUT2D eigenvalue weighted by molar-refractivity contribution is 14.0.